The van der Waals surface area contributed by atoms with Gasteiger partial charge in [-0.1, -0.05) is 24.9 Å². The highest BCUT2D eigenvalue weighted by Gasteiger charge is 2.37. The quantitative estimate of drug-likeness (QED) is 0.738. The Hall–Kier alpha value is -1.32. The van der Waals surface area contributed by atoms with Crippen LogP contribution < -0.4 is 4.90 Å². The molecule has 2 heterocycles. The SMILES string of the molecule is CCCCCc1noc(C2CC2)c1N1CCCC1=O. The molecular formula is C15H22N2O2. The van der Waals surface area contributed by atoms with E-state index in [1.54, 1.807) is 0 Å². The summed E-state index contributed by atoms with van der Waals surface area (Å²) in [5.41, 5.74) is 2.03. The molecule has 1 aromatic rings. The van der Waals surface area contributed by atoms with Crippen molar-refractivity contribution in [1.29, 1.82) is 0 Å². The number of amides is 1. The van der Waals surface area contributed by atoms with Crippen LogP contribution in [0.4, 0.5) is 5.69 Å². The number of nitrogens with zero attached hydrogens (tertiary/aromatic N) is 2. The number of aryl methyl sites for hydroxylation is 1. The summed E-state index contributed by atoms with van der Waals surface area (Å²) in [7, 11) is 0. The van der Waals surface area contributed by atoms with Crippen LogP contribution in [0.2, 0.25) is 0 Å². The van der Waals surface area contributed by atoms with Gasteiger partial charge in [-0.25, -0.2) is 0 Å². The van der Waals surface area contributed by atoms with E-state index in [0.717, 1.165) is 42.9 Å². The molecule has 1 aliphatic carbocycles. The van der Waals surface area contributed by atoms with Gasteiger partial charge in [0.05, 0.1) is 0 Å². The van der Waals surface area contributed by atoms with Gasteiger partial charge in [0.2, 0.25) is 5.91 Å². The van der Waals surface area contributed by atoms with Gasteiger partial charge in [0.1, 0.15) is 11.4 Å². The Morgan fingerprint density at radius 1 is 1.37 bits per heavy atom. The minimum atomic E-state index is 0.238. The molecule has 1 aliphatic heterocycles. The van der Waals surface area contributed by atoms with Gasteiger partial charge in [-0.05, 0) is 32.1 Å². The van der Waals surface area contributed by atoms with Gasteiger partial charge >= 0.3 is 0 Å². The largest absolute Gasteiger partial charge is 0.359 e. The molecule has 0 aromatic carbocycles. The van der Waals surface area contributed by atoms with E-state index >= 15 is 0 Å². The third kappa shape index (κ3) is 2.53. The smallest absolute Gasteiger partial charge is 0.227 e. The summed E-state index contributed by atoms with van der Waals surface area (Å²) in [6.07, 6.45) is 8.46. The van der Waals surface area contributed by atoms with E-state index in [2.05, 4.69) is 12.1 Å². The zero-order valence-electron chi connectivity index (χ0n) is 11.7. The van der Waals surface area contributed by atoms with Gasteiger partial charge in [0, 0.05) is 18.9 Å². The van der Waals surface area contributed by atoms with E-state index in [-0.39, 0.29) is 5.91 Å². The molecule has 4 nitrogen and oxygen atoms in total. The molecule has 0 spiro atoms. The van der Waals surface area contributed by atoms with Crippen LogP contribution in [0.1, 0.15) is 69.2 Å². The highest BCUT2D eigenvalue weighted by molar-refractivity contribution is 5.96. The third-order valence-corrected chi connectivity index (χ3v) is 4.07. The van der Waals surface area contributed by atoms with E-state index in [0.29, 0.717) is 12.3 Å². The van der Waals surface area contributed by atoms with E-state index < -0.39 is 0 Å². The first-order chi connectivity index (χ1) is 9.31. The monoisotopic (exact) mass is 262 g/mol. The molecular weight excluding hydrogens is 240 g/mol. The lowest BCUT2D eigenvalue weighted by molar-refractivity contribution is -0.117. The molecule has 1 saturated heterocycles. The van der Waals surface area contributed by atoms with Gasteiger partial charge in [-0.15, -0.1) is 0 Å². The van der Waals surface area contributed by atoms with Crippen LogP contribution in [0, 0.1) is 0 Å². The first-order valence-electron chi connectivity index (χ1n) is 7.60. The maximum Gasteiger partial charge on any atom is 0.227 e. The highest BCUT2D eigenvalue weighted by Crippen LogP contribution is 2.46. The van der Waals surface area contributed by atoms with Gasteiger partial charge in [0.25, 0.3) is 0 Å². The number of hydrogen-bond acceptors (Lipinski definition) is 3. The minimum Gasteiger partial charge on any atom is -0.359 e. The molecule has 2 fully saturated rings. The van der Waals surface area contributed by atoms with E-state index in [9.17, 15) is 4.79 Å². The van der Waals surface area contributed by atoms with Crippen molar-refractivity contribution in [2.45, 2.75) is 64.2 Å². The molecule has 1 aromatic heterocycles. The van der Waals surface area contributed by atoms with Crippen LogP contribution in [0.15, 0.2) is 4.52 Å². The lowest BCUT2D eigenvalue weighted by Crippen LogP contribution is -2.25. The number of rotatable bonds is 6. The molecule has 104 valence electrons. The molecule has 2 aliphatic rings. The summed E-state index contributed by atoms with van der Waals surface area (Å²) < 4.78 is 5.57. The van der Waals surface area contributed by atoms with Crippen LogP contribution in [0.3, 0.4) is 0 Å². The number of hydrogen-bond donors (Lipinski definition) is 0. The highest BCUT2D eigenvalue weighted by atomic mass is 16.5. The summed E-state index contributed by atoms with van der Waals surface area (Å²) in [6.45, 7) is 3.03. The molecule has 4 heteroatoms. The molecule has 0 radical (unpaired) electrons. The zero-order valence-corrected chi connectivity index (χ0v) is 11.7. The van der Waals surface area contributed by atoms with Crippen molar-refractivity contribution in [2.24, 2.45) is 0 Å². The Balaban J connectivity index is 1.84. The van der Waals surface area contributed by atoms with Crippen LogP contribution >= 0.6 is 0 Å². The second-order valence-corrected chi connectivity index (χ2v) is 5.72. The molecule has 0 bridgehead atoms. The van der Waals surface area contributed by atoms with Crippen molar-refractivity contribution in [3.8, 4) is 0 Å². The van der Waals surface area contributed by atoms with Gasteiger partial charge in [-0.3, -0.25) is 4.79 Å². The lowest BCUT2D eigenvalue weighted by Gasteiger charge is -2.16. The summed E-state index contributed by atoms with van der Waals surface area (Å²) in [5.74, 6) is 1.72. The predicted molar refractivity (Wildman–Crippen MR) is 73.3 cm³/mol. The Morgan fingerprint density at radius 3 is 2.84 bits per heavy atom. The Labute approximate surface area is 114 Å². The summed E-state index contributed by atoms with van der Waals surface area (Å²) in [6, 6.07) is 0. The van der Waals surface area contributed by atoms with Crippen LogP contribution in [-0.2, 0) is 11.2 Å². The molecule has 1 amide bonds. The van der Waals surface area contributed by atoms with Crippen LogP contribution in [0.5, 0.6) is 0 Å². The molecule has 0 unspecified atom stereocenters. The van der Waals surface area contributed by atoms with E-state index in [4.69, 9.17) is 4.52 Å². The Morgan fingerprint density at radius 2 is 2.21 bits per heavy atom. The number of unbranched alkanes of at least 4 members (excludes halogenated alkanes) is 2. The first kappa shape index (κ1) is 12.7. The van der Waals surface area contributed by atoms with Crippen LogP contribution in [-0.4, -0.2) is 17.6 Å². The zero-order chi connectivity index (χ0) is 13.2. The maximum atomic E-state index is 12.0. The number of carbonyl (C=O) groups is 1. The fourth-order valence-electron chi connectivity index (χ4n) is 2.83. The lowest BCUT2D eigenvalue weighted by atomic mass is 10.1. The standard InChI is InChI=1S/C15H22N2O2/c1-2-3-4-6-12-14(17-10-5-7-13(17)18)15(19-16-12)11-8-9-11/h11H,2-10H2,1H3. The summed E-state index contributed by atoms with van der Waals surface area (Å²) in [4.78, 5) is 13.9. The van der Waals surface area contributed by atoms with Gasteiger partial charge < -0.3 is 9.42 Å². The maximum absolute atomic E-state index is 12.0. The van der Waals surface area contributed by atoms with Crippen LogP contribution in [0.25, 0.3) is 0 Å². The predicted octanol–water partition coefficient (Wildman–Crippen LogP) is 3.41. The Kier molecular flexibility index (Phi) is 3.58. The van der Waals surface area contributed by atoms with Crippen molar-refractivity contribution in [3.05, 3.63) is 11.5 Å². The summed E-state index contributed by atoms with van der Waals surface area (Å²) in [5, 5.41) is 4.26. The topological polar surface area (TPSA) is 46.3 Å². The Bertz CT molecular complexity index is 463. The van der Waals surface area contributed by atoms with Gasteiger partial charge in [0.15, 0.2) is 5.76 Å². The van der Waals surface area contributed by atoms with E-state index in [1.807, 2.05) is 4.90 Å². The van der Waals surface area contributed by atoms with Crippen molar-refractivity contribution in [1.82, 2.24) is 5.16 Å². The van der Waals surface area contributed by atoms with Crippen molar-refractivity contribution in [3.63, 3.8) is 0 Å². The minimum absolute atomic E-state index is 0.238. The number of anilines is 1. The average Bonchev–Trinajstić information content (AvgIpc) is 3.04. The fourth-order valence-corrected chi connectivity index (χ4v) is 2.83. The average molecular weight is 262 g/mol. The van der Waals surface area contributed by atoms with Crippen molar-refractivity contribution >= 4 is 11.6 Å². The number of aromatic nitrogens is 1. The molecule has 3 rings (SSSR count). The molecule has 0 N–H and O–H groups in total. The van der Waals surface area contributed by atoms with Crippen molar-refractivity contribution < 1.29 is 9.32 Å². The second-order valence-electron chi connectivity index (χ2n) is 5.72. The first-order valence-corrected chi connectivity index (χ1v) is 7.60. The van der Waals surface area contributed by atoms with Gasteiger partial charge in [-0.2, -0.15) is 0 Å². The molecule has 19 heavy (non-hydrogen) atoms. The number of carbonyl (C=O) groups excluding carboxylic acids is 1. The molecule has 1 saturated carbocycles. The second kappa shape index (κ2) is 5.35. The van der Waals surface area contributed by atoms with E-state index in [1.165, 1.54) is 25.7 Å². The fraction of sp³-hybridized carbons (Fsp3) is 0.733. The normalized spacial score (nSPS) is 19.4. The molecule has 0 atom stereocenters. The summed E-state index contributed by atoms with van der Waals surface area (Å²) >= 11 is 0. The third-order valence-electron chi connectivity index (χ3n) is 4.07. The van der Waals surface area contributed by atoms with Crippen molar-refractivity contribution in [2.75, 3.05) is 11.4 Å².